The first kappa shape index (κ1) is 20.3. The zero-order chi connectivity index (χ0) is 19.1. The van der Waals surface area contributed by atoms with Gasteiger partial charge in [0, 0.05) is 44.9 Å². The van der Waals surface area contributed by atoms with E-state index in [9.17, 15) is 9.90 Å². The largest absolute Gasteiger partial charge is 0.389 e. The Labute approximate surface area is 162 Å². The number of methoxy groups -OCH3 is 1. The quantitative estimate of drug-likeness (QED) is 0.749. The highest BCUT2D eigenvalue weighted by atomic mass is 16.5. The number of morpholine rings is 1. The van der Waals surface area contributed by atoms with E-state index in [-0.39, 0.29) is 12.0 Å². The first-order valence-electron chi connectivity index (χ1n) is 10.0. The zero-order valence-corrected chi connectivity index (χ0v) is 16.3. The van der Waals surface area contributed by atoms with Crippen molar-refractivity contribution >= 4 is 5.91 Å². The van der Waals surface area contributed by atoms with Crippen LogP contribution in [0.5, 0.6) is 0 Å². The predicted octanol–water partition coefficient (Wildman–Crippen LogP) is 1.78. The van der Waals surface area contributed by atoms with Crippen LogP contribution in [0.15, 0.2) is 30.3 Å². The molecule has 1 saturated carbocycles. The van der Waals surface area contributed by atoms with E-state index in [4.69, 9.17) is 9.47 Å². The molecule has 150 valence electrons. The molecule has 2 atom stereocenters. The number of carbonyl (C=O) groups excluding carboxylic acids is 1. The third-order valence-corrected chi connectivity index (χ3v) is 5.50. The van der Waals surface area contributed by atoms with Gasteiger partial charge in [0.15, 0.2) is 0 Å². The van der Waals surface area contributed by atoms with Crippen molar-refractivity contribution in [2.45, 2.75) is 43.9 Å². The fourth-order valence-corrected chi connectivity index (χ4v) is 4.18. The van der Waals surface area contributed by atoms with Gasteiger partial charge in [-0.3, -0.25) is 9.69 Å². The second-order valence-electron chi connectivity index (χ2n) is 7.62. The van der Waals surface area contributed by atoms with Crippen LogP contribution in [0.3, 0.4) is 0 Å². The first-order valence-corrected chi connectivity index (χ1v) is 10.0. The summed E-state index contributed by atoms with van der Waals surface area (Å²) in [5.41, 5.74) is 0.743. The molecule has 0 bridgehead atoms. The van der Waals surface area contributed by atoms with Crippen molar-refractivity contribution in [1.29, 1.82) is 0 Å². The summed E-state index contributed by atoms with van der Waals surface area (Å²) in [6.07, 6.45) is 3.99. The summed E-state index contributed by atoms with van der Waals surface area (Å²) in [7, 11) is 1.60. The van der Waals surface area contributed by atoms with Crippen LogP contribution < -0.4 is 0 Å². The second-order valence-corrected chi connectivity index (χ2v) is 7.62. The third-order valence-electron chi connectivity index (χ3n) is 5.50. The average molecular weight is 376 g/mol. The minimum Gasteiger partial charge on any atom is -0.389 e. The molecule has 1 aromatic carbocycles. The van der Waals surface area contributed by atoms with E-state index in [2.05, 4.69) is 4.90 Å². The summed E-state index contributed by atoms with van der Waals surface area (Å²) < 4.78 is 11.0. The fourth-order valence-electron chi connectivity index (χ4n) is 4.18. The molecule has 6 nitrogen and oxygen atoms in total. The number of carbonyl (C=O) groups is 1. The molecule has 1 aliphatic carbocycles. The van der Waals surface area contributed by atoms with Gasteiger partial charge in [0.1, 0.15) is 0 Å². The highest BCUT2D eigenvalue weighted by Crippen LogP contribution is 2.26. The van der Waals surface area contributed by atoms with Gasteiger partial charge in [0.05, 0.1) is 25.4 Å². The molecule has 2 fully saturated rings. The van der Waals surface area contributed by atoms with Crippen LogP contribution >= 0.6 is 0 Å². The number of ether oxygens (including phenoxy) is 2. The zero-order valence-electron chi connectivity index (χ0n) is 16.3. The van der Waals surface area contributed by atoms with Gasteiger partial charge in [0.2, 0.25) is 0 Å². The van der Waals surface area contributed by atoms with Crippen molar-refractivity contribution in [2.75, 3.05) is 46.5 Å². The number of β-amino-alcohol motifs (C(OH)–C–C–N with tert-alkyl or cyclic N) is 1. The molecular weight excluding hydrogens is 344 g/mol. The smallest absolute Gasteiger partial charge is 0.254 e. The van der Waals surface area contributed by atoms with Crippen molar-refractivity contribution < 1.29 is 19.4 Å². The van der Waals surface area contributed by atoms with Crippen molar-refractivity contribution in [2.24, 2.45) is 0 Å². The number of aliphatic hydroxyl groups excluding tert-OH is 1. The van der Waals surface area contributed by atoms with Crippen LogP contribution in [0.25, 0.3) is 0 Å². The van der Waals surface area contributed by atoms with Gasteiger partial charge in [-0.15, -0.1) is 0 Å². The topological polar surface area (TPSA) is 62.2 Å². The summed E-state index contributed by atoms with van der Waals surface area (Å²) in [6.45, 7) is 3.67. The normalized spacial score (nSPS) is 22.7. The van der Waals surface area contributed by atoms with Gasteiger partial charge < -0.3 is 19.5 Å². The number of amides is 1. The van der Waals surface area contributed by atoms with Crippen LogP contribution in [-0.2, 0) is 9.47 Å². The molecule has 0 radical (unpaired) electrons. The van der Waals surface area contributed by atoms with Crippen molar-refractivity contribution in [1.82, 2.24) is 9.80 Å². The molecule has 1 saturated heterocycles. The van der Waals surface area contributed by atoms with Crippen molar-refractivity contribution in [3.8, 4) is 0 Å². The molecule has 1 N–H and O–H groups in total. The Kier molecular flexibility index (Phi) is 7.64. The monoisotopic (exact) mass is 376 g/mol. The minimum absolute atomic E-state index is 0.0262. The van der Waals surface area contributed by atoms with E-state index >= 15 is 0 Å². The Morgan fingerprint density at radius 3 is 2.78 bits per heavy atom. The van der Waals surface area contributed by atoms with E-state index in [0.717, 1.165) is 31.5 Å². The molecule has 2 aliphatic rings. The lowest BCUT2D eigenvalue weighted by molar-refractivity contribution is -0.0592. The van der Waals surface area contributed by atoms with E-state index < -0.39 is 6.10 Å². The van der Waals surface area contributed by atoms with Crippen molar-refractivity contribution in [3.63, 3.8) is 0 Å². The highest BCUT2D eigenvalue weighted by molar-refractivity contribution is 5.94. The number of rotatable bonds is 8. The summed E-state index contributed by atoms with van der Waals surface area (Å²) in [4.78, 5) is 17.4. The molecule has 1 aliphatic heterocycles. The SMILES string of the molecule is COCC(O)CN1CCOC(CN(C(=O)c2ccccc2)C2CCCC2)C1. The number of hydrogen-bond donors (Lipinski definition) is 1. The van der Waals surface area contributed by atoms with E-state index in [1.807, 2.05) is 35.2 Å². The molecule has 2 unspecified atom stereocenters. The lowest BCUT2D eigenvalue weighted by Crippen LogP contribution is -2.52. The molecule has 1 amide bonds. The Bertz CT molecular complexity index is 577. The molecule has 1 aromatic rings. The first-order chi connectivity index (χ1) is 13.2. The Morgan fingerprint density at radius 1 is 1.33 bits per heavy atom. The van der Waals surface area contributed by atoms with Crippen LogP contribution in [0.4, 0.5) is 0 Å². The molecule has 0 spiro atoms. The fraction of sp³-hybridized carbons (Fsp3) is 0.667. The summed E-state index contributed by atoms with van der Waals surface area (Å²) in [5, 5.41) is 10.0. The summed E-state index contributed by atoms with van der Waals surface area (Å²) in [5.74, 6) is 0.0997. The van der Waals surface area contributed by atoms with Crippen LogP contribution in [0.1, 0.15) is 36.0 Å². The standard InChI is InChI=1S/C21H32N2O4/c1-26-16-19(24)13-22-11-12-27-20(14-22)15-23(18-9-5-6-10-18)21(25)17-7-3-2-4-8-17/h2-4,7-8,18-20,24H,5-6,9-16H2,1H3. The van der Waals surface area contributed by atoms with E-state index in [1.165, 1.54) is 12.8 Å². The van der Waals surface area contributed by atoms with Crippen LogP contribution in [0, 0.1) is 0 Å². The van der Waals surface area contributed by atoms with Crippen LogP contribution in [-0.4, -0.2) is 85.6 Å². The predicted molar refractivity (Wildman–Crippen MR) is 104 cm³/mol. The van der Waals surface area contributed by atoms with Crippen molar-refractivity contribution in [3.05, 3.63) is 35.9 Å². The number of hydrogen-bond acceptors (Lipinski definition) is 5. The molecule has 6 heteroatoms. The maximum Gasteiger partial charge on any atom is 0.254 e. The second kappa shape index (κ2) is 10.2. The average Bonchev–Trinajstić information content (AvgIpc) is 3.21. The Hall–Kier alpha value is -1.47. The summed E-state index contributed by atoms with van der Waals surface area (Å²) >= 11 is 0. The maximum atomic E-state index is 13.2. The molecule has 1 heterocycles. The van der Waals surface area contributed by atoms with Crippen LogP contribution in [0.2, 0.25) is 0 Å². The third kappa shape index (κ3) is 5.75. The Balaban J connectivity index is 1.64. The van der Waals surface area contributed by atoms with Gasteiger partial charge in [-0.05, 0) is 25.0 Å². The minimum atomic E-state index is -0.495. The van der Waals surface area contributed by atoms with Gasteiger partial charge >= 0.3 is 0 Å². The van der Waals surface area contributed by atoms with Gasteiger partial charge in [0.25, 0.3) is 5.91 Å². The highest BCUT2D eigenvalue weighted by Gasteiger charge is 2.32. The van der Waals surface area contributed by atoms with E-state index in [0.29, 0.717) is 32.3 Å². The summed E-state index contributed by atoms with van der Waals surface area (Å²) in [6, 6.07) is 9.84. The Morgan fingerprint density at radius 2 is 2.07 bits per heavy atom. The lowest BCUT2D eigenvalue weighted by atomic mass is 10.1. The van der Waals surface area contributed by atoms with Gasteiger partial charge in [-0.2, -0.15) is 0 Å². The number of benzene rings is 1. The van der Waals surface area contributed by atoms with Gasteiger partial charge in [-0.1, -0.05) is 31.0 Å². The number of aliphatic hydroxyl groups is 1. The molecule has 27 heavy (non-hydrogen) atoms. The van der Waals surface area contributed by atoms with E-state index in [1.54, 1.807) is 7.11 Å². The molecule has 3 rings (SSSR count). The van der Waals surface area contributed by atoms with Gasteiger partial charge in [-0.25, -0.2) is 0 Å². The molecule has 0 aromatic heterocycles. The number of nitrogens with zero attached hydrogens (tertiary/aromatic N) is 2. The molecular formula is C21H32N2O4. The lowest BCUT2D eigenvalue weighted by Gasteiger charge is -2.38. The maximum absolute atomic E-state index is 13.2.